The summed E-state index contributed by atoms with van der Waals surface area (Å²) in [7, 11) is -9.82. The third-order valence-electron chi connectivity index (χ3n) is 6.36. The van der Waals surface area contributed by atoms with Gasteiger partial charge in [0.15, 0.2) is 5.71 Å². The van der Waals surface area contributed by atoms with Crippen molar-refractivity contribution in [2.24, 2.45) is 0 Å². The van der Waals surface area contributed by atoms with E-state index in [4.69, 9.17) is 0 Å². The lowest BCUT2D eigenvalue weighted by molar-refractivity contribution is -0.519. The van der Waals surface area contributed by atoms with Crippen LogP contribution in [0.2, 0.25) is 0 Å². The number of rotatable bonds is 9. The van der Waals surface area contributed by atoms with Gasteiger partial charge in [-0.15, -0.1) is 0 Å². The summed E-state index contributed by atoms with van der Waals surface area (Å²) in [5.41, 5.74) is 3.78. The molecule has 3 rings (SSSR count). The summed E-state index contributed by atoms with van der Waals surface area (Å²) in [5, 5.41) is 0. The predicted octanol–water partition coefficient (Wildman–Crippen LogP) is 4.10. The van der Waals surface area contributed by atoms with Crippen molar-refractivity contribution in [3.8, 4) is 0 Å². The van der Waals surface area contributed by atoms with E-state index in [0.717, 1.165) is 43.6 Å². The Hall–Kier alpha value is -3.05. The lowest BCUT2D eigenvalue weighted by Gasteiger charge is -2.23. The van der Waals surface area contributed by atoms with E-state index < -0.39 is 30.0 Å². The normalized spacial score (nSPS) is 13.7. The van der Waals surface area contributed by atoms with E-state index in [2.05, 4.69) is 37.2 Å². The van der Waals surface area contributed by atoms with Gasteiger partial charge in [-0.1, -0.05) is 18.2 Å². The summed E-state index contributed by atoms with van der Waals surface area (Å²) >= 11 is 0. The van der Waals surface area contributed by atoms with E-state index in [-0.39, 0.29) is 5.56 Å². The Morgan fingerprint density at radius 1 is 0.865 bits per heavy atom. The topological polar surface area (TPSA) is 118 Å². The standard InChI is InChI=1S/C27H32N2O6S2/c1-5-28(6-2)22-13-9-20(10-14-22)27(21-11-15-23(16-12-21)29(7-3)8-4)25-18-17-24(36(30,31)32)19-26(25)37(33,34)35/h9-19H,5-8H2,1-4H3,(H-,30,31,32,33,34,35). The smallest absolute Gasteiger partial charge is 0.294 e. The first kappa shape index (κ1) is 28.5. The monoisotopic (exact) mass is 544 g/mol. The zero-order chi connectivity index (χ0) is 27.4. The molecular formula is C27H32N2O6S2. The molecule has 10 heteroatoms. The Morgan fingerprint density at radius 3 is 1.89 bits per heavy atom. The number of anilines is 1. The molecule has 0 aromatic heterocycles. The van der Waals surface area contributed by atoms with E-state index in [1.807, 2.05) is 48.6 Å². The molecule has 0 unspecified atom stereocenters. The van der Waals surface area contributed by atoms with Gasteiger partial charge in [0.1, 0.15) is 23.2 Å². The Balaban J connectivity index is 2.33. The predicted molar refractivity (Wildman–Crippen MR) is 145 cm³/mol. The maximum Gasteiger partial charge on any atom is 0.294 e. The molecule has 37 heavy (non-hydrogen) atoms. The minimum atomic E-state index is -5.10. The highest BCUT2D eigenvalue weighted by molar-refractivity contribution is 7.86. The molecule has 8 nitrogen and oxygen atoms in total. The van der Waals surface area contributed by atoms with Crippen LogP contribution in [0.4, 0.5) is 5.69 Å². The third-order valence-corrected chi connectivity index (χ3v) is 8.08. The molecule has 0 amide bonds. The van der Waals surface area contributed by atoms with E-state index in [1.54, 1.807) is 0 Å². The molecule has 1 N–H and O–H groups in total. The fraction of sp³-hybridized carbons (Fsp3) is 0.296. The molecule has 0 saturated heterocycles. The van der Waals surface area contributed by atoms with Gasteiger partial charge in [-0.25, -0.2) is 13.0 Å². The summed E-state index contributed by atoms with van der Waals surface area (Å²) in [6.07, 6.45) is 7.54. The van der Waals surface area contributed by atoms with Gasteiger partial charge >= 0.3 is 0 Å². The van der Waals surface area contributed by atoms with Crippen LogP contribution in [-0.4, -0.2) is 62.4 Å². The highest BCUT2D eigenvalue weighted by Crippen LogP contribution is 2.35. The molecule has 2 aromatic rings. The molecule has 0 bridgehead atoms. The van der Waals surface area contributed by atoms with Crippen LogP contribution < -0.4 is 4.90 Å². The average Bonchev–Trinajstić information content (AvgIpc) is 2.86. The molecule has 0 aliphatic heterocycles. The second-order valence-electron chi connectivity index (χ2n) is 8.40. The quantitative estimate of drug-likeness (QED) is 0.373. The molecule has 1 aliphatic carbocycles. The van der Waals surface area contributed by atoms with E-state index in [9.17, 15) is 25.9 Å². The zero-order valence-corrected chi connectivity index (χ0v) is 23.0. The average molecular weight is 545 g/mol. The second kappa shape index (κ2) is 11.6. The van der Waals surface area contributed by atoms with Crippen LogP contribution >= 0.6 is 0 Å². The minimum Gasteiger partial charge on any atom is -0.744 e. The van der Waals surface area contributed by atoms with Crippen LogP contribution in [0.25, 0.3) is 5.57 Å². The minimum absolute atomic E-state index is 0.0496. The van der Waals surface area contributed by atoms with Crippen molar-refractivity contribution in [1.29, 1.82) is 0 Å². The van der Waals surface area contributed by atoms with Gasteiger partial charge in [0.05, 0.1) is 9.79 Å². The fourth-order valence-corrected chi connectivity index (χ4v) is 5.70. The Kier molecular flexibility index (Phi) is 8.91. The van der Waals surface area contributed by atoms with E-state index >= 15 is 0 Å². The number of nitrogens with zero attached hydrogens (tertiary/aromatic N) is 2. The summed E-state index contributed by atoms with van der Waals surface area (Å²) in [6.45, 7) is 11.5. The van der Waals surface area contributed by atoms with Crippen LogP contribution in [0.1, 0.15) is 38.8 Å². The molecule has 0 saturated carbocycles. The van der Waals surface area contributed by atoms with Crippen LogP contribution in [0.15, 0.2) is 82.1 Å². The highest BCUT2D eigenvalue weighted by atomic mass is 32.2. The van der Waals surface area contributed by atoms with Gasteiger partial charge in [0, 0.05) is 36.5 Å². The van der Waals surface area contributed by atoms with E-state index in [1.165, 1.54) is 6.07 Å². The molecule has 0 radical (unpaired) electrons. The van der Waals surface area contributed by atoms with Crippen LogP contribution in [0.3, 0.4) is 0 Å². The number of allylic oxidation sites excluding steroid dienone is 5. The van der Waals surface area contributed by atoms with Crippen molar-refractivity contribution in [1.82, 2.24) is 0 Å². The first-order chi connectivity index (χ1) is 17.4. The van der Waals surface area contributed by atoms with Crippen molar-refractivity contribution >= 4 is 37.2 Å². The molecule has 0 atom stereocenters. The van der Waals surface area contributed by atoms with E-state index in [0.29, 0.717) is 22.8 Å². The van der Waals surface area contributed by atoms with Crippen molar-refractivity contribution in [2.75, 3.05) is 31.1 Å². The zero-order valence-electron chi connectivity index (χ0n) is 21.4. The Labute approximate surface area is 219 Å². The van der Waals surface area contributed by atoms with Crippen molar-refractivity contribution < 1.29 is 30.5 Å². The number of hydrogen-bond donors (Lipinski definition) is 1. The summed E-state index contributed by atoms with van der Waals surface area (Å²) in [4.78, 5) is 0.772. The van der Waals surface area contributed by atoms with Gasteiger partial charge in [0.25, 0.3) is 10.1 Å². The lowest BCUT2D eigenvalue weighted by atomic mass is 9.90. The first-order valence-corrected chi connectivity index (χ1v) is 14.9. The van der Waals surface area contributed by atoms with Crippen LogP contribution in [-0.2, 0) is 20.2 Å². The molecule has 0 heterocycles. The Bertz CT molecular complexity index is 1470. The lowest BCUT2D eigenvalue weighted by Crippen LogP contribution is -2.21. The highest BCUT2D eigenvalue weighted by Gasteiger charge is 2.22. The van der Waals surface area contributed by atoms with Gasteiger partial charge < -0.3 is 9.45 Å². The largest absolute Gasteiger partial charge is 0.744 e. The third kappa shape index (κ3) is 6.45. The van der Waals surface area contributed by atoms with Crippen molar-refractivity contribution in [3.05, 3.63) is 83.5 Å². The number of benzene rings is 2. The van der Waals surface area contributed by atoms with Crippen LogP contribution in [0, 0.1) is 0 Å². The maximum absolute atomic E-state index is 12.3. The SMILES string of the molecule is CCN(CC)c1ccc(C(=C2C=CC(=[N+](CC)CC)C=C2)c2ccc(S(=O)(=O)O)cc2S(=O)(=O)[O-])cc1. The fourth-order valence-electron chi connectivity index (χ4n) is 4.41. The van der Waals surface area contributed by atoms with Crippen molar-refractivity contribution in [3.63, 3.8) is 0 Å². The molecular weight excluding hydrogens is 512 g/mol. The van der Waals surface area contributed by atoms with Gasteiger partial charge in [-0.3, -0.25) is 4.55 Å². The molecule has 2 aromatic carbocycles. The van der Waals surface area contributed by atoms with Crippen molar-refractivity contribution in [2.45, 2.75) is 37.5 Å². The summed E-state index contributed by atoms with van der Waals surface area (Å²) < 4.78 is 71.9. The summed E-state index contributed by atoms with van der Waals surface area (Å²) in [5.74, 6) is 0. The van der Waals surface area contributed by atoms with Gasteiger partial charge in [-0.05, 0) is 80.8 Å². The molecule has 0 spiro atoms. The molecule has 1 aliphatic rings. The second-order valence-corrected chi connectivity index (χ2v) is 11.2. The van der Waals surface area contributed by atoms with Gasteiger partial charge in [-0.2, -0.15) is 8.42 Å². The first-order valence-electron chi connectivity index (χ1n) is 12.1. The van der Waals surface area contributed by atoms with Gasteiger partial charge in [0.2, 0.25) is 0 Å². The maximum atomic E-state index is 12.3. The summed E-state index contributed by atoms with van der Waals surface area (Å²) in [6, 6.07) is 10.6. The number of hydrogen-bond acceptors (Lipinski definition) is 6. The Morgan fingerprint density at radius 2 is 1.43 bits per heavy atom. The molecule has 198 valence electrons. The molecule has 0 fully saturated rings. The van der Waals surface area contributed by atoms with Crippen LogP contribution in [0.5, 0.6) is 0 Å².